The van der Waals surface area contributed by atoms with Gasteiger partial charge in [0.2, 0.25) is 0 Å². The molecule has 1 aliphatic heterocycles. The van der Waals surface area contributed by atoms with Gasteiger partial charge in [-0.3, -0.25) is 14.8 Å². The number of nitrogens with zero attached hydrogens (tertiary/aromatic N) is 6. The molecular formula is C21H23N7O2. The quantitative estimate of drug-likeness (QED) is 0.551. The van der Waals surface area contributed by atoms with E-state index in [4.69, 9.17) is 0 Å². The van der Waals surface area contributed by atoms with Crippen molar-refractivity contribution in [3.63, 3.8) is 0 Å². The van der Waals surface area contributed by atoms with Crippen LogP contribution < -0.4 is 5.56 Å². The van der Waals surface area contributed by atoms with Gasteiger partial charge in [0.25, 0.3) is 5.56 Å². The largest absolute Gasteiger partial charge is 0.346 e. The molecule has 9 heteroatoms. The molecule has 0 unspecified atom stereocenters. The third kappa shape index (κ3) is 2.89. The van der Waals surface area contributed by atoms with Gasteiger partial charge in [-0.15, -0.1) is 0 Å². The van der Waals surface area contributed by atoms with Crippen LogP contribution in [-0.4, -0.2) is 72.6 Å². The van der Waals surface area contributed by atoms with E-state index >= 15 is 0 Å². The lowest BCUT2D eigenvalue weighted by Gasteiger charge is -2.36. The monoisotopic (exact) mass is 405 g/mol. The van der Waals surface area contributed by atoms with Gasteiger partial charge < -0.3 is 4.90 Å². The SMILES string of the molecule is CC(C)N1CCN(C(=O)n2ncc3c4[nH]n(-c5ccccc5)c(=O)c4cnc32)CC1. The number of hydrogen-bond donors (Lipinski definition) is 1. The molecule has 0 saturated carbocycles. The van der Waals surface area contributed by atoms with Gasteiger partial charge in [0.15, 0.2) is 5.65 Å². The second kappa shape index (κ2) is 7.10. The van der Waals surface area contributed by atoms with E-state index in [-0.39, 0.29) is 11.6 Å². The van der Waals surface area contributed by atoms with Crippen molar-refractivity contribution in [2.24, 2.45) is 0 Å². The minimum atomic E-state index is -0.190. The summed E-state index contributed by atoms with van der Waals surface area (Å²) in [5.74, 6) is 0. The van der Waals surface area contributed by atoms with Crippen molar-refractivity contribution in [2.75, 3.05) is 26.2 Å². The van der Waals surface area contributed by atoms with Crippen LogP contribution in [0.4, 0.5) is 4.79 Å². The van der Waals surface area contributed by atoms with Crippen LogP contribution in [-0.2, 0) is 0 Å². The molecule has 1 N–H and O–H groups in total. The van der Waals surface area contributed by atoms with E-state index in [1.165, 1.54) is 15.6 Å². The van der Waals surface area contributed by atoms with Gasteiger partial charge in [-0.05, 0) is 26.0 Å². The van der Waals surface area contributed by atoms with Crippen molar-refractivity contribution < 1.29 is 4.79 Å². The van der Waals surface area contributed by atoms with Gasteiger partial charge in [-0.2, -0.15) is 9.78 Å². The van der Waals surface area contributed by atoms with Crippen molar-refractivity contribution in [3.05, 3.63) is 53.1 Å². The summed E-state index contributed by atoms with van der Waals surface area (Å²) in [6, 6.07) is 9.62. The molecule has 3 aromatic heterocycles. The Balaban J connectivity index is 1.52. The molecule has 9 nitrogen and oxygen atoms in total. The van der Waals surface area contributed by atoms with Crippen molar-refractivity contribution in [3.8, 4) is 5.69 Å². The molecule has 1 amide bonds. The molecule has 1 aliphatic rings. The summed E-state index contributed by atoms with van der Waals surface area (Å²) >= 11 is 0. The Kier molecular flexibility index (Phi) is 4.39. The number of pyridine rings is 1. The number of piperazine rings is 1. The Morgan fingerprint density at radius 2 is 1.77 bits per heavy atom. The van der Waals surface area contributed by atoms with Gasteiger partial charge in [-0.1, -0.05) is 18.2 Å². The van der Waals surface area contributed by atoms with Crippen molar-refractivity contribution in [1.82, 2.24) is 34.3 Å². The number of benzene rings is 1. The molecule has 154 valence electrons. The van der Waals surface area contributed by atoms with Gasteiger partial charge in [0.05, 0.1) is 28.2 Å². The number of carbonyl (C=O) groups is 1. The lowest BCUT2D eigenvalue weighted by molar-refractivity contribution is 0.119. The summed E-state index contributed by atoms with van der Waals surface area (Å²) in [5.41, 5.74) is 1.62. The second-order valence-corrected chi connectivity index (χ2v) is 7.83. The third-order valence-electron chi connectivity index (χ3n) is 5.77. The second-order valence-electron chi connectivity index (χ2n) is 7.83. The molecule has 0 bridgehead atoms. The fourth-order valence-corrected chi connectivity index (χ4v) is 4.01. The van der Waals surface area contributed by atoms with Crippen LogP contribution >= 0.6 is 0 Å². The summed E-state index contributed by atoms with van der Waals surface area (Å²) in [5, 5.41) is 8.57. The summed E-state index contributed by atoms with van der Waals surface area (Å²) in [4.78, 5) is 34.5. The van der Waals surface area contributed by atoms with E-state index in [2.05, 4.69) is 33.9 Å². The molecule has 0 aliphatic carbocycles. The zero-order valence-corrected chi connectivity index (χ0v) is 16.9. The smallest absolute Gasteiger partial charge is 0.320 e. The lowest BCUT2D eigenvalue weighted by atomic mass is 10.2. The molecule has 4 aromatic rings. The third-order valence-corrected chi connectivity index (χ3v) is 5.77. The molecular weight excluding hydrogens is 382 g/mol. The molecule has 1 saturated heterocycles. The lowest BCUT2D eigenvalue weighted by Crippen LogP contribution is -2.51. The fourth-order valence-electron chi connectivity index (χ4n) is 4.01. The van der Waals surface area contributed by atoms with Crippen molar-refractivity contribution in [2.45, 2.75) is 19.9 Å². The molecule has 1 aromatic carbocycles. The average Bonchev–Trinajstić information content (AvgIpc) is 3.35. The zero-order valence-electron chi connectivity index (χ0n) is 16.9. The maximum atomic E-state index is 13.1. The standard InChI is InChI=1S/C21H23N7O2/c1-14(2)25-8-10-26(11-9-25)21(30)28-19-16(13-23-28)18-17(12-22-19)20(29)27(24-18)15-6-4-3-5-7-15/h3-7,12-14,24H,8-11H2,1-2H3. The van der Waals surface area contributed by atoms with E-state index in [0.717, 1.165) is 18.8 Å². The van der Waals surface area contributed by atoms with Crippen LogP contribution in [0.3, 0.4) is 0 Å². The Morgan fingerprint density at radius 3 is 2.47 bits per heavy atom. The van der Waals surface area contributed by atoms with Crippen LogP contribution in [0.2, 0.25) is 0 Å². The van der Waals surface area contributed by atoms with E-state index in [1.54, 1.807) is 11.1 Å². The van der Waals surface area contributed by atoms with Crippen LogP contribution in [0.25, 0.3) is 27.6 Å². The first-order valence-electron chi connectivity index (χ1n) is 10.1. The topological polar surface area (TPSA) is 92.0 Å². The normalized spacial score (nSPS) is 15.5. The summed E-state index contributed by atoms with van der Waals surface area (Å²) < 4.78 is 2.81. The molecule has 0 radical (unpaired) electrons. The van der Waals surface area contributed by atoms with E-state index in [9.17, 15) is 9.59 Å². The molecule has 4 heterocycles. The molecule has 0 atom stereocenters. The predicted octanol–water partition coefficient (Wildman–Crippen LogP) is 2.06. The van der Waals surface area contributed by atoms with Gasteiger partial charge in [0, 0.05) is 38.4 Å². The summed E-state index contributed by atoms with van der Waals surface area (Å²) in [6.45, 7) is 7.32. The first-order chi connectivity index (χ1) is 14.5. The van der Waals surface area contributed by atoms with Crippen LogP contribution in [0.1, 0.15) is 13.8 Å². The number of carbonyl (C=O) groups excluding carboxylic acids is 1. The van der Waals surface area contributed by atoms with Gasteiger partial charge >= 0.3 is 6.03 Å². The zero-order chi connectivity index (χ0) is 20.8. The van der Waals surface area contributed by atoms with Crippen LogP contribution in [0, 0.1) is 0 Å². The van der Waals surface area contributed by atoms with Crippen LogP contribution in [0.15, 0.2) is 47.5 Å². The maximum Gasteiger partial charge on any atom is 0.346 e. The average molecular weight is 405 g/mol. The highest BCUT2D eigenvalue weighted by Crippen LogP contribution is 2.21. The minimum Gasteiger partial charge on any atom is -0.320 e. The number of fused-ring (bicyclic) bond motifs is 3. The highest BCUT2D eigenvalue weighted by molar-refractivity contribution is 6.03. The Bertz CT molecular complexity index is 1280. The van der Waals surface area contributed by atoms with Crippen molar-refractivity contribution in [1.29, 1.82) is 0 Å². The minimum absolute atomic E-state index is 0.186. The molecule has 0 spiro atoms. The number of rotatable bonds is 2. The Hall–Kier alpha value is -3.46. The predicted molar refractivity (Wildman–Crippen MR) is 114 cm³/mol. The Morgan fingerprint density at radius 1 is 1.03 bits per heavy atom. The maximum absolute atomic E-state index is 13.1. The first kappa shape index (κ1) is 18.6. The molecule has 30 heavy (non-hydrogen) atoms. The first-order valence-corrected chi connectivity index (χ1v) is 10.1. The van der Waals surface area contributed by atoms with E-state index in [1.807, 2.05) is 30.3 Å². The number of nitrogens with one attached hydrogen (secondary N) is 1. The number of amides is 1. The van der Waals surface area contributed by atoms with E-state index in [0.29, 0.717) is 41.1 Å². The summed E-state index contributed by atoms with van der Waals surface area (Å²) in [6.07, 6.45) is 3.11. The highest BCUT2D eigenvalue weighted by atomic mass is 16.2. The number of H-pyrrole nitrogens is 1. The number of hydrogen-bond acceptors (Lipinski definition) is 5. The number of aromatic amines is 1. The Labute approximate surface area is 172 Å². The van der Waals surface area contributed by atoms with Crippen molar-refractivity contribution >= 4 is 28.0 Å². The van der Waals surface area contributed by atoms with Crippen LogP contribution in [0.5, 0.6) is 0 Å². The summed E-state index contributed by atoms with van der Waals surface area (Å²) in [7, 11) is 0. The molecule has 5 rings (SSSR count). The van der Waals surface area contributed by atoms with Gasteiger partial charge in [0.1, 0.15) is 0 Å². The fraction of sp³-hybridized carbons (Fsp3) is 0.333. The molecule has 1 fully saturated rings. The van der Waals surface area contributed by atoms with E-state index < -0.39 is 0 Å². The number of aromatic nitrogens is 5. The highest BCUT2D eigenvalue weighted by Gasteiger charge is 2.26. The van der Waals surface area contributed by atoms with Gasteiger partial charge in [-0.25, -0.2) is 14.5 Å². The number of para-hydroxylation sites is 1.